The number of hydrogen-bond donors (Lipinski definition) is 0. The van der Waals surface area contributed by atoms with Crippen molar-refractivity contribution >= 4 is 17.2 Å². The minimum Gasteiger partial charge on any atom is -0.340 e. The molecule has 0 aliphatic carbocycles. The summed E-state index contributed by atoms with van der Waals surface area (Å²) in [6.07, 6.45) is 4.83. The van der Waals surface area contributed by atoms with Crippen molar-refractivity contribution in [1.29, 1.82) is 0 Å². The molecule has 1 amide bonds. The third-order valence-electron chi connectivity index (χ3n) is 6.42. The van der Waals surface area contributed by atoms with Gasteiger partial charge < -0.3 is 19.2 Å². The van der Waals surface area contributed by atoms with Gasteiger partial charge in [-0.15, -0.1) is 11.3 Å². The van der Waals surface area contributed by atoms with Crippen LogP contribution in [0.25, 0.3) is 10.7 Å². The highest BCUT2D eigenvalue weighted by molar-refractivity contribution is 7.13. The van der Waals surface area contributed by atoms with E-state index in [1.165, 1.54) is 0 Å². The van der Waals surface area contributed by atoms with Crippen LogP contribution < -0.4 is 0 Å². The van der Waals surface area contributed by atoms with Crippen molar-refractivity contribution in [3.63, 3.8) is 0 Å². The zero-order chi connectivity index (χ0) is 20.8. The van der Waals surface area contributed by atoms with E-state index in [1.54, 1.807) is 11.3 Å². The first-order chi connectivity index (χ1) is 14.7. The molecule has 164 valence electrons. The number of hydrogen-bond acceptors (Lipinski definition) is 7. The molecule has 8 heteroatoms. The minimum atomic E-state index is 0.363. The molecule has 0 atom stereocenters. The smallest absolute Gasteiger partial charge is 0.227 e. The second-order valence-corrected chi connectivity index (χ2v) is 9.34. The first kappa shape index (κ1) is 21.5. The quantitative estimate of drug-likeness (QED) is 0.640. The monoisotopic (exact) mass is 431 g/mol. The maximum absolute atomic E-state index is 12.6. The zero-order valence-electron chi connectivity index (χ0n) is 18.0. The molecule has 2 aliphatic rings. The highest BCUT2D eigenvalue weighted by Crippen LogP contribution is 2.23. The van der Waals surface area contributed by atoms with E-state index in [1.807, 2.05) is 17.5 Å². The van der Waals surface area contributed by atoms with Crippen LogP contribution in [0.2, 0.25) is 0 Å². The van der Waals surface area contributed by atoms with Crippen molar-refractivity contribution in [1.82, 2.24) is 24.8 Å². The van der Waals surface area contributed by atoms with Crippen LogP contribution in [-0.2, 0) is 11.2 Å². The lowest BCUT2D eigenvalue weighted by molar-refractivity contribution is -0.134. The number of piperidine rings is 1. The van der Waals surface area contributed by atoms with E-state index in [0.717, 1.165) is 95.2 Å². The van der Waals surface area contributed by atoms with Gasteiger partial charge in [0.25, 0.3) is 0 Å². The van der Waals surface area contributed by atoms with E-state index in [-0.39, 0.29) is 0 Å². The number of aromatic nitrogens is 2. The molecule has 30 heavy (non-hydrogen) atoms. The Hall–Kier alpha value is -1.77. The second-order valence-electron chi connectivity index (χ2n) is 8.40. The average Bonchev–Trinajstić information content (AvgIpc) is 3.47. The molecular weight excluding hydrogens is 398 g/mol. The number of nitrogens with zero attached hydrogens (tertiary/aromatic N) is 5. The summed E-state index contributed by atoms with van der Waals surface area (Å²) in [5, 5.41) is 6.10. The summed E-state index contributed by atoms with van der Waals surface area (Å²) in [5.41, 5.74) is 0. The number of likely N-dealkylation sites (tertiary alicyclic amines) is 1. The summed E-state index contributed by atoms with van der Waals surface area (Å²) in [6.45, 7) is 10.3. The summed E-state index contributed by atoms with van der Waals surface area (Å²) in [6, 6.07) is 4.01. The van der Waals surface area contributed by atoms with E-state index >= 15 is 0 Å². The van der Waals surface area contributed by atoms with Crippen LogP contribution in [0.4, 0.5) is 0 Å². The van der Waals surface area contributed by atoms with E-state index in [4.69, 9.17) is 4.52 Å². The van der Waals surface area contributed by atoms with Crippen molar-refractivity contribution in [3.05, 3.63) is 23.4 Å². The van der Waals surface area contributed by atoms with Gasteiger partial charge in [0.15, 0.2) is 0 Å². The highest BCUT2D eigenvalue weighted by atomic mass is 32.1. The number of carbonyl (C=O) groups is 1. The molecule has 4 rings (SSSR count). The molecule has 0 radical (unpaired) electrons. The maximum atomic E-state index is 12.6. The van der Waals surface area contributed by atoms with Gasteiger partial charge in [0.1, 0.15) is 0 Å². The van der Waals surface area contributed by atoms with Crippen LogP contribution in [-0.4, -0.2) is 83.1 Å². The van der Waals surface area contributed by atoms with Gasteiger partial charge in [0, 0.05) is 39.0 Å². The predicted octanol–water partition coefficient (Wildman–Crippen LogP) is 3.00. The van der Waals surface area contributed by atoms with Crippen LogP contribution in [0, 0.1) is 5.92 Å². The van der Waals surface area contributed by atoms with Gasteiger partial charge in [0.2, 0.25) is 17.6 Å². The predicted molar refractivity (Wildman–Crippen MR) is 118 cm³/mol. The van der Waals surface area contributed by atoms with Crippen LogP contribution in [0.15, 0.2) is 22.0 Å². The van der Waals surface area contributed by atoms with Crippen LogP contribution in [0.5, 0.6) is 0 Å². The molecular formula is C22H33N5O2S. The van der Waals surface area contributed by atoms with Crippen molar-refractivity contribution in [2.75, 3.05) is 52.4 Å². The molecule has 7 nitrogen and oxygen atoms in total. The molecule has 2 aliphatic heterocycles. The fourth-order valence-corrected chi connectivity index (χ4v) is 5.07. The SMILES string of the molecule is CCN1CCN(C(=O)CC2CCN(CCCc3nc(-c4cccs4)no3)CC2)CC1. The summed E-state index contributed by atoms with van der Waals surface area (Å²) >= 11 is 1.63. The van der Waals surface area contributed by atoms with Crippen molar-refractivity contribution in [2.45, 2.75) is 39.0 Å². The van der Waals surface area contributed by atoms with E-state index in [0.29, 0.717) is 17.6 Å². The van der Waals surface area contributed by atoms with E-state index in [9.17, 15) is 4.79 Å². The number of aryl methyl sites for hydroxylation is 1. The lowest BCUT2D eigenvalue weighted by atomic mass is 9.92. The molecule has 2 aromatic heterocycles. The number of carbonyl (C=O) groups excluding carboxylic acids is 1. The molecule has 0 saturated carbocycles. The van der Waals surface area contributed by atoms with Gasteiger partial charge >= 0.3 is 0 Å². The molecule has 2 saturated heterocycles. The Morgan fingerprint density at radius 2 is 1.97 bits per heavy atom. The van der Waals surface area contributed by atoms with Gasteiger partial charge in [-0.05, 0) is 62.8 Å². The standard InChI is InChI=1S/C22H33N5O2S/c1-2-25-12-14-27(15-13-25)21(28)17-18-7-10-26(11-8-18)9-3-6-20-23-22(24-29-20)19-5-4-16-30-19/h4-5,16,18H,2-3,6-15,17H2,1H3. The van der Waals surface area contributed by atoms with Crippen LogP contribution in [0.3, 0.4) is 0 Å². The Morgan fingerprint density at radius 1 is 1.17 bits per heavy atom. The third kappa shape index (κ3) is 5.68. The van der Waals surface area contributed by atoms with Gasteiger partial charge in [0.05, 0.1) is 4.88 Å². The van der Waals surface area contributed by atoms with Crippen molar-refractivity contribution < 1.29 is 9.32 Å². The summed E-state index contributed by atoms with van der Waals surface area (Å²) < 4.78 is 5.39. The first-order valence-electron chi connectivity index (χ1n) is 11.3. The molecule has 2 aromatic rings. The van der Waals surface area contributed by atoms with Crippen LogP contribution in [0.1, 0.15) is 38.5 Å². The zero-order valence-corrected chi connectivity index (χ0v) is 18.8. The first-order valence-corrected chi connectivity index (χ1v) is 12.2. The molecule has 0 bridgehead atoms. The Balaban J connectivity index is 1.12. The van der Waals surface area contributed by atoms with Gasteiger partial charge in [-0.2, -0.15) is 4.98 Å². The van der Waals surface area contributed by atoms with Crippen molar-refractivity contribution in [3.8, 4) is 10.7 Å². The Kier molecular flexibility index (Phi) is 7.52. The fourth-order valence-electron chi connectivity index (χ4n) is 4.42. The summed E-state index contributed by atoms with van der Waals surface area (Å²) in [5.74, 6) is 2.33. The van der Waals surface area contributed by atoms with Gasteiger partial charge in [-0.3, -0.25) is 4.79 Å². The number of amides is 1. The molecule has 0 aromatic carbocycles. The van der Waals surface area contributed by atoms with Crippen LogP contribution >= 0.6 is 11.3 Å². The number of rotatable bonds is 8. The highest BCUT2D eigenvalue weighted by Gasteiger charge is 2.25. The molecule has 2 fully saturated rings. The fraction of sp³-hybridized carbons (Fsp3) is 0.682. The van der Waals surface area contributed by atoms with Gasteiger partial charge in [-0.1, -0.05) is 18.1 Å². The molecule has 0 spiro atoms. The number of thiophene rings is 1. The lowest BCUT2D eigenvalue weighted by Gasteiger charge is -2.36. The van der Waals surface area contributed by atoms with E-state index < -0.39 is 0 Å². The molecule has 0 N–H and O–H groups in total. The molecule has 4 heterocycles. The largest absolute Gasteiger partial charge is 0.340 e. The Labute approximate surface area is 183 Å². The topological polar surface area (TPSA) is 65.7 Å². The second kappa shape index (κ2) is 10.5. The van der Waals surface area contributed by atoms with Gasteiger partial charge in [-0.25, -0.2) is 0 Å². The third-order valence-corrected chi connectivity index (χ3v) is 7.28. The lowest BCUT2D eigenvalue weighted by Crippen LogP contribution is -2.49. The Bertz CT molecular complexity index is 777. The Morgan fingerprint density at radius 3 is 2.67 bits per heavy atom. The normalized spacial score (nSPS) is 19.4. The maximum Gasteiger partial charge on any atom is 0.227 e. The molecule has 0 unspecified atom stereocenters. The minimum absolute atomic E-state index is 0.363. The number of piperazine rings is 1. The van der Waals surface area contributed by atoms with E-state index in [2.05, 4.69) is 31.8 Å². The summed E-state index contributed by atoms with van der Waals surface area (Å²) in [7, 11) is 0. The summed E-state index contributed by atoms with van der Waals surface area (Å²) in [4.78, 5) is 25.2. The van der Waals surface area contributed by atoms with Crippen molar-refractivity contribution in [2.24, 2.45) is 5.92 Å². The average molecular weight is 432 g/mol. The number of likely N-dealkylation sites (N-methyl/N-ethyl adjacent to an activating group) is 1.